The largest absolute Gasteiger partial charge is 0.465 e. The Bertz CT molecular complexity index is 919. The van der Waals surface area contributed by atoms with Crippen molar-refractivity contribution in [1.82, 2.24) is 15.0 Å². The number of esters is 1. The minimum absolute atomic E-state index is 0.173. The molecule has 0 atom stereocenters. The highest BCUT2D eigenvalue weighted by Crippen LogP contribution is 2.20. The quantitative estimate of drug-likeness (QED) is 0.740. The van der Waals surface area contributed by atoms with Gasteiger partial charge in [0.15, 0.2) is 5.69 Å². The number of nitrogens with one attached hydrogen (secondary N) is 1. The van der Waals surface area contributed by atoms with Gasteiger partial charge in [-0.1, -0.05) is 24.3 Å². The van der Waals surface area contributed by atoms with Crippen LogP contribution in [0.2, 0.25) is 0 Å². The summed E-state index contributed by atoms with van der Waals surface area (Å²) in [4.78, 5) is 25.5. The Kier molecular flexibility index (Phi) is 4.56. The molecule has 25 heavy (non-hydrogen) atoms. The van der Waals surface area contributed by atoms with E-state index in [1.807, 2.05) is 30.3 Å². The fourth-order valence-corrected chi connectivity index (χ4v) is 2.34. The predicted molar refractivity (Wildman–Crippen MR) is 91.8 cm³/mol. The number of hydrogen-bond donors (Lipinski definition) is 1. The molecule has 0 spiro atoms. The summed E-state index contributed by atoms with van der Waals surface area (Å²) in [5, 5.41) is 11.0. The molecule has 3 rings (SSSR count). The molecule has 0 fully saturated rings. The van der Waals surface area contributed by atoms with E-state index in [1.54, 1.807) is 25.1 Å². The lowest BCUT2D eigenvalue weighted by Gasteiger charge is -2.10. The van der Waals surface area contributed by atoms with Gasteiger partial charge in [0, 0.05) is 5.69 Å². The summed E-state index contributed by atoms with van der Waals surface area (Å²) in [6, 6.07) is 14.3. The van der Waals surface area contributed by atoms with Gasteiger partial charge in [-0.3, -0.25) is 4.79 Å². The van der Waals surface area contributed by atoms with Crippen LogP contribution in [0.1, 0.15) is 26.4 Å². The number of nitrogens with zero attached hydrogens (tertiary/aromatic N) is 3. The van der Waals surface area contributed by atoms with E-state index in [2.05, 4.69) is 15.5 Å². The number of carbonyl (C=O) groups is 2. The summed E-state index contributed by atoms with van der Waals surface area (Å²) in [7, 11) is 1.31. The lowest BCUT2D eigenvalue weighted by Crippen LogP contribution is -2.15. The van der Waals surface area contributed by atoms with Gasteiger partial charge in [0.2, 0.25) is 0 Å². The number of rotatable bonds is 4. The third-order valence-electron chi connectivity index (χ3n) is 3.70. The Hall–Kier alpha value is -3.48. The summed E-state index contributed by atoms with van der Waals surface area (Å²) in [6.45, 7) is 1.74. The Morgan fingerprint density at radius 3 is 2.56 bits per heavy atom. The molecular weight excluding hydrogens is 320 g/mol. The monoisotopic (exact) mass is 336 g/mol. The maximum absolute atomic E-state index is 12.4. The maximum atomic E-state index is 12.4. The fraction of sp³-hybridized carbons (Fsp3) is 0.111. The smallest absolute Gasteiger partial charge is 0.338 e. The number of hydrogen-bond acceptors (Lipinski definition) is 5. The van der Waals surface area contributed by atoms with Gasteiger partial charge in [-0.2, -0.15) is 9.90 Å². The molecule has 1 heterocycles. The number of ether oxygens (including phenoxy) is 1. The molecule has 0 saturated heterocycles. The van der Waals surface area contributed by atoms with E-state index in [-0.39, 0.29) is 5.69 Å². The lowest BCUT2D eigenvalue weighted by atomic mass is 10.1. The first-order chi connectivity index (χ1) is 12.1. The van der Waals surface area contributed by atoms with Gasteiger partial charge in [0.05, 0.1) is 24.6 Å². The van der Waals surface area contributed by atoms with Gasteiger partial charge in [0.25, 0.3) is 5.91 Å². The van der Waals surface area contributed by atoms with Gasteiger partial charge in [0.1, 0.15) is 0 Å². The fourth-order valence-electron chi connectivity index (χ4n) is 2.34. The van der Waals surface area contributed by atoms with Crippen LogP contribution in [0.3, 0.4) is 0 Å². The van der Waals surface area contributed by atoms with Crippen molar-refractivity contribution in [3.8, 4) is 5.69 Å². The van der Waals surface area contributed by atoms with Crippen molar-refractivity contribution in [2.75, 3.05) is 12.4 Å². The van der Waals surface area contributed by atoms with Crippen LogP contribution in [0.5, 0.6) is 0 Å². The minimum atomic E-state index is -0.455. The molecule has 1 N–H and O–H groups in total. The standard InChI is InChI=1S/C18H16N4O3/c1-12-14(18(24)25-2)9-6-10-15(12)20-17(23)16-11-19-22(21-16)13-7-4-3-5-8-13/h3-11H,1-2H3,(H,20,23). The highest BCUT2D eigenvalue weighted by Gasteiger charge is 2.16. The van der Waals surface area contributed by atoms with Gasteiger partial charge in [-0.15, -0.1) is 5.10 Å². The first kappa shape index (κ1) is 16.4. The van der Waals surface area contributed by atoms with Crippen LogP contribution in [0.25, 0.3) is 5.69 Å². The molecule has 0 saturated carbocycles. The van der Waals surface area contributed by atoms with Crippen molar-refractivity contribution in [2.24, 2.45) is 0 Å². The van der Waals surface area contributed by atoms with Gasteiger partial charge in [-0.05, 0) is 36.8 Å². The number of carbonyl (C=O) groups excluding carboxylic acids is 2. The highest BCUT2D eigenvalue weighted by molar-refractivity contribution is 6.04. The summed E-state index contributed by atoms with van der Waals surface area (Å²) in [6.07, 6.45) is 1.39. The van der Waals surface area contributed by atoms with Crippen LogP contribution >= 0.6 is 0 Å². The molecule has 3 aromatic rings. The first-order valence-corrected chi connectivity index (χ1v) is 7.57. The molecule has 0 aliphatic heterocycles. The second-order valence-electron chi connectivity index (χ2n) is 5.28. The SMILES string of the molecule is COC(=O)c1cccc(NC(=O)c2cnn(-c3ccccc3)n2)c1C. The van der Waals surface area contributed by atoms with Gasteiger partial charge in [-0.25, -0.2) is 4.79 Å². The lowest BCUT2D eigenvalue weighted by molar-refractivity contribution is 0.0599. The third-order valence-corrected chi connectivity index (χ3v) is 3.70. The average molecular weight is 336 g/mol. The van der Waals surface area contributed by atoms with Crippen molar-refractivity contribution in [3.05, 3.63) is 71.5 Å². The molecule has 0 bridgehead atoms. The molecule has 126 valence electrons. The number of aromatic nitrogens is 3. The van der Waals surface area contributed by atoms with E-state index in [0.29, 0.717) is 16.8 Å². The van der Waals surface area contributed by atoms with E-state index in [1.165, 1.54) is 18.1 Å². The Morgan fingerprint density at radius 2 is 1.84 bits per heavy atom. The molecular formula is C18H16N4O3. The molecule has 2 aromatic carbocycles. The number of methoxy groups -OCH3 is 1. The minimum Gasteiger partial charge on any atom is -0.465 e. The van der Waals surface area contributed by atoms with Crippen molar-refractivity contribution in [2.45, 2.75) is 6.92 Å². The zero-order chi connectivity index (χ0) is 17.8. The van der Waals surface area contributed by atoms with E-state index in [0.717, 1.165) is 5.69 Å². The van der Waals surface area contributed by atoms with E-state index in [9.17, 15) is 9.59 Å². The number of anilines is 1. The molecule has 0 radical (unpaired) electrons. The Labute approximate surface area is 144 Å². The first-order valence-electron chi connectivity index (χ1n) is 7.57. The molecule has 7 nitrogen and oxygen atoms in total. The van der Waals surface area contributed by atoms with Crippen molar-refractivity contribution < 1.29 is 14.3 Å². The third kappa shape index (κ3) is 3.40. The van der Waals surface area contributed by atoms with E-state index in [4.69, 9.17) is 4.74 Å². The van der Waals surface area contributed by atoms with Crippen molar-refractivity contribution in [1.29, 1.82) is 0 Å². The molecule has 0 aliphatic carbocycles. The maximum Gasteiger partial charge on any atom is 0.338 e. The van der Waals surface area contributed by atoms with Gasteiger partial charge >= 0.3 is 5.97 Å². The normalized spacial score (nSPS) is 10.3. The van der Waals surface area contributed by atoms with Gasteiger partial charge < -0.3 is 10.1 Å². The summed E-state index contributed by atoms with van der Waals surface area (Å²) >= 11 is 0. The van der Waals surface area contributed by atoms with Crippen molar-refractivity contribution >= 4 is 17.6 Å². The highest BCUT2D eigenvalue weighted by atomic mass is 16.5. The molecule has 0 aliphatic rings. The summed E-state index contributed by atoms with van der Waals surface area (Å²) in [5.74, 6) is -0.865. The molecule has 1 aromatic heterocycles. The van der Waals surface area contributed by atoms with Crippen LogP contribution in [0.4, 0.5) is 5.69 Å². The number of benzene rings is 2. The second kappa shape index (κ2) is 6.96. The topological polar surface area (TPSA) is 86.1 Å². The molecule has 1 amide bonds. The van der Waals surface area contributed by atoms with Crippen LogP contribution in [-0.2, 0) is 4.74 Å². The average Bonchev–Trinajstić information content (AvgIpc) is 3.14. The number of amides is 1. The van der Waals surface area contributed by atoms with Crippen LogP contribution < -0.4 is 5.32 Å². The molecule has 7 heteroatoms. The second-order valence-corrected chi connectivity index (χ2v) is 5.28. The van der Waals surface area contributed by atoms with Crippen LogP contribution in [0, 0.1) is 6.92 Å². The zero-order valence-electron chi connectivity index (χ0n) is 13.8. The Balaban J connectivity index is 1.82. The van der Waals surface area contributed by atoms with E-state index < -0.39 is 11.9 Å². The summed E-state index contributed by atoms with van der Waals surface area (Å²) in [5.41, 5.74) is 2.46. The van der Waals surface area contributed by atoms with Crippen LogP contribution in [0.15, 0.2) is 54.7 Å². The van der Waals surface area contributed by atoms with E-state index >= 15 is 0 Å². The van der Waals surface area contributed by atoms with Crippen LogP contribution in [-0.4, -0.2) is 34.0 Å². The predicted octanol–water partition coefficient (Wildman–Crippen LogP) is 2.61. The zero-order valence-corrected chi connectivity index (χ0v) is 13.8. The van der Waals surface area contributed by atoms with Crippen molar-refractivity contribution in [3.63, 3.8) is 0 Å². The summed E-state index contributed by atoms with van der Waals surface area (Å²) < 4.78 is 4.74. The molecule has 0 unspecified atom stereocenters. The number of para-hydroxylation sites is 1. The Morgan fingerprint density at radius 1 is 1.08 bits per heavy atom.